The summed E-state index contributed by atoms with van der Waals surface area (Å²) in [5.74, 6) is 1.30. The zero-order chi connectivity index (χ0) is 14.4. The molecule has 1 aliphatic heterocycles. The van der Waals surface area contributed by atoms with Crippen LogP contribution in [0.2, 0.25) is 0 Å². The number of carbonyl (C=O) groups excluding carboxylic acids is 1. The van der Waals surface area contributed by atoms with Crippen LogP contribution in [0.25, 0.3) is 0 Å². The number of nitrogens with zero attached hydrogens (tertiary/aromatic N) is 1. The van der Waals surface area contributed by atoms with E-state index in [4.69, 9.17) is 0 Å². The zero-order valence-corrected chi connectivity index (χ0v) is 15.4. The number of rotatable bonds is 5. The van der Waals surface area contributed by atoms with Gasteiger partial charge < -0.3 is 10.2 Å². The van der Waals surface area contributed by atoms with Crippen LogP contribution in [0, 0.1) is 0 Å². The van der Waals surface area contributed by atoms with E-state index in [-0.39, 0.29) is 12.4 Å². The van der Waals surface area contributed by atoms with E-state index in [2.05, 4.69) is 52.4 Å². The quantitative estimate of drug-likeness (QED) is 0.613. The van der Waals surface area contributed by atoms with Crippen molar-refractivity contribution in [3.63, 3.8) is 0 Å². The van der Waals surface area contributed by atoms with Crippen molar-refractivity contribution < 1.29 is 4.79 Å². The second kappa shape index (κ2) is 9.72. The Kier molecular flexibility index (Phi) is 8.71. The highest BCUT2D eigenvalue weighted by atomic mass is 79.9. The molecule has 1 atom stereocenters. The number of halogens is 2. The van der Waals surface area contributed by atoms with Crippen LogP contribution in [0.15, 0.2) is 33.6 Å². The smallest absolute Gasteiger partial charge is 0.222 e. The monoisotopic (exact) mass is 392 g/mol. The molecular weight excluding hydrogens is 372 g/mol. The first kappa shape index (κ1) is 18.8. The van der Waals surface area contributed by atoms with Crippen molar-refractivity contribution in [1.29, 1.82) is 0 Å². The molecular formula is C15H22BrClN2OS. The van der Waals surface area contributed by atoms with Gasteiger partial charge in [0.2, 0.25) is 5.91 Å². The lowest BCUT2D eigenvalue weighted by molar-refractivity contribution is -0.133. The maximum absolute atomic E-state index is 12.1. The lowest BCUT2D eigenvalue weighted by Gasteiger charge is -2.34. The summed E-state index contributed by atoms with van der Waals surface area (Å²) in [6.45, 7) is 4.80. The third-order valence-corrected chi connectivity index (χ3v) is 5.07. The van der Waals surface area contributed by atoms with Crippen LogP contribution in [0.3, 0.4) is 0 Å². The largest absolute Gasteiger partial charge is 0.337 e. The van der Waals surface area contributed by atoms with Crippen LogP contribution in [0.4, 0.5) is 0 Å². The molecule has 1 N–H and O–H groups in total. The maximum atomic E-state index is 12.1. The van der Waals surface area contributed by atoms with Crippen molar-refractivity contribution in [1.82, 2.24) is 10.2 Å². The zero-order valence-electron chi connectivity index (χ0n) is 12.2. The molecule has 1 unspecified atom stereocenters. The molecule has 0 spiro atoms. The van der Waals surface area contributed by atoms with Gasteiger partial charge in [0, 0.05) is 41.5 Å². The van der Waals surface area contributed by atoms with E-state index in [0.717, 1.165) is 36.3 Å². The molecule has 0 radical (unpaired) electrons. The van der Waals surface area contributed by atoms with Crippen LogP contribution in [0.5, 0.6) is 0 Å². The van der Waals surface area contributed by atoms with E-state index in [1.807, 2.05) is 16.7 Å². The van der Waals surface area contributed by atoms with Gasteiger partial charge in [-0.15, -0.1) is 24.2 Å². The molecule has 1 aromatic rings. The molecule has 2 rings (SSSR count). The van der Waals surface area contributed by atoms with E-state index in [9.17, 15) is 4.79 Å². The van der Waals surface area contributed by atoms with Crippen molar-refractivity contribution >= 4 is 46.0 Å². The maximum Gasteiger partial charge on any atom is 0.222 e. The van der Waals surface area contributed by atoms with Gasteiger partial charge in [0.15, 0.2) is 0 Å². The fraction of sp³-hybridized carbons (Fsp3) is 0.533. The van der Waals surface area contributed by atoms with Gasteiger partial charge in [0.05, 0.1) is 0 Å². The number of piperazine rings is 1. The first-order valence-electron chi connectivity index (χ1n) is 7.05. The minimum absolute atomic E-state index is 0. The van der Waals surface area contributed by atoms with E-state index in [1.54, 1.807) is 0 Å². The standard InChI is InChI=1S/C15H21BrN2OS.ClH/c1-12-11-17-8-9-18(12)15(19)3-2-10-20-14-6-4-13(16)5-7-14;/h4-7,12,17H,2-3,8-11H2,1H3;1H. The van der Waals surface area contributed by atoms with Gasteiger partial charge in [-0.05, 0) is 43.4 Å². The van der Waals surface area contributed by atoms with Crippen LogP contribution >= 0.6 is 40.1 Å². The van der Waals surface area contributed by atoms with Gasteiger partial charge in [-0.1, -0.05) is 15.9 Å². The number of amides is 1. The molecule has 1 aliphatic rings. The summed E-state index contributed by atoms with van der Waals surface area (Å²) in [4.78, 5) is 15.4. The molecule has 1 amide bonds. The van der Waals surface area contributed by atoms with Gasteiger partial charge in [0.1, 0.15) is 0 Å². The van der Waals surface area contributed by atoms with Crippen molar-refractivity contribution in [2.24, 2.45) is 0 Å². The Morgan fingerprint density at radius 3 is 2.81 bits per heavy atom. The average molecular weight is 394 g/mol. The molecule has 0 aromatic heterocycles. The predicted molar refractivity (Wildman–Crippen MR) is 95.4 cm³/mol. The van der Waals surface area contributed by atoms with E-state index >= 15 is 0 Å². The normalized spacial score (nSPS) is 18.2. The fourth-order valence-electron chi connectivity index (χ4n) is 2.30. The summed E-state index contributed by atoms with van der Waals surface area (Å²) in [6.07, 6.45) is 1.60. The molecule has 0 bridgehead atoms. The Labute approximate surface area is 145 Å². The molecule has 0 saturated carbocycles. The second-order valence-corrected chi connectivity index (χ2v) is 7.13. The molecule has 3 nitrogen and oxygen atoms in total. The Bertz CT molecular complexity index is 444. The minimum Gasteiger partial charge on any atom is -0.337 e. The third kappa shape index (κ3) is 6.19. The summed E-state index contributed by atoms with van der Waals surface area (Å²) < 4.78 is 1.10. The number of benzene rings is 1. The van der Waals surface area contributed by atoms with Crippen molar-refractivity contribution in [2.75, 3.05) is 25.4 Å². The Morgan fingerprint density at radius 2 is 2.14 bits per heavy atom. The Morgan fingerprint density at radius 1 is 1.43 bits per heavy atom. The average Bonchev–Trinajstić information content (AvgIpc) is 2.46. The van der Waals surface area contributed by atoms with E-state index < -0.39 is 0 Å². The van der Waals surface area contributed by atoms with Crippen LogP contribution < -0.4 is 5.32 Å². The van der Waals surface area contributed by atoms with Crippen LogP contribution in [-0.2, 0) is 4.79 Å². The molecule has 1 heterocycles. The first-order chi connectivity index (χ1) is 9.66. The van der Waals surface area contributed by atoms with Gasteiger partial charge in [-0.3, -0.25) is 4.79 Å². The molecule has 6 heteroatoms. The fourth-order valence-corrected chi connectivity index (χ4v) is 3.42. The molecule has 1 saturated heterocycles. The number of carbonyl (C=O) groups is 1. The van der Waals surface area contributed by atoms with E-state index in [0.29, 0.717) is 18.4 Å². The minimum atomic E-state index is 0. The van der Waals surface area contributed by atoms with Gasteiger partial charge in [-0.2, -0.15) is 0 Å². The summed E-state index contributed by atoms with van der Waals surface area (Å²) >= 11 is 5.25. The summed E-state index contributed by atoms with van der Waals surface area (Å²) in [7, 11) is 0. The van der Waals surface area contributed by atoms with Gasteiger partial charge >= 0.3 is 0 Å². The number of thioether (sulfide) groups is 1. The molecule has 1 fully saturated rings. The highest BCUT2D eigenvalue weighted by Gasteiger charge is 2.22. The highest BCUT2D eigenvalue weighted by Crippen LogP contribution is 2.21. The van der Waals surface area contributed by atoms with Gasteiger partial charge in [0.25, 0.3) is 0 Å². The van der Waals surface area contributed by atoms with E-state index in [1.165, 1.54) is 4.90 Å². The van der Waals surface area contributed by atoms with Crippen molar-refractivity contribution in [3.8, 4) is 0 Å². The highest BCUT2D eigenvalue weighted by molar-refractivity contribution is 9.10. The van der Waals surface area contributed by atoms with Gasteiger partial charge in [-0.25, -0.2) is 0 Å². The number of hydrogen-bond donors (Lipinski definition) is 1. The predicted octanol–water partition coefficient (Wildman–Crippen LogP) is 3.56. The lowest BCUT2D eigenvalue weighted by atomic mass is 10.2. The number of hydrogen-bond acceptors (Lipinski definition) is 3. The van der Waals surface area contributed by atoms with Crippen LogP contribution in [0.1, 0.15) is 19.8 Å². The summed E-state index contributed by atoms with van der Waals surface area (Å²) in [6, 6.07) is 8.64. The Hall–Kier alpha value is -0.230. The second-order valence-electron chi connectivity index (χ2n) is 5.05. The molecule has 21 heavy (non-hydrogen) atoms. The van der Waals surface area contributed by atoms with Crippen LogP contribution in [-0.4, -0.2) is 42.2 Å². The summed E-state index contributed by atoms with van der Waals surface area (Å²) in [5.41, 5.74) is 0. The van der Waals surface area contributed by atoms with Crippen molar-refractivity contribution in [3.05, 3.63) is 28.7 Å². The third-order valence-electron chi connectivity index (χ3n) is 3.44. The Balaban J connectivity index is 0.00000220. The topological polar surface area (TPSA) is 32.3 Å². The summed E-state index contributed by atoms with van der Waals surface area (Å²) in [5, 5.41) is 3.31. The lowest BCUT2D eigenvalue weighted by Crippen LogP contribution is -2.52. The molecule has 0 aliphatic carbocycles. The van der Waals surface area contributed by atoms with Crippen molar-refractivity contribution in [2.45, 2.75) is 30.7 Å². The SMILES string of the molecule is CC1CNCCN1C(=O)CCCSc1ccc(Br)cc1.Cl. The molecule has 1 aromatic carbocycles. The molecule has 118 valence electrons. The number of nitrogens with one attached hydrogen (secondary N) is 1. The first-order valence-corrected chi connectivity index (χ1v) is 8.83.